The van der Waals surface area contributed by atoms with Crippen LogP contribution in [-0.2, 0) is 0 Å². The molecular weight excluding hydrogens is 389 g/mol. The summed E-state index contributed by atoms with van der Waals surface area (Å²) in [7, 11) is 0. The van der Waals surface area contributed by atoms with Crippen molar-refractivity contribution in [2.75, 3.05) is 0 Å². The zero-order chi connectivity index (χ0) is 14.7. The zero-order valence-electron chi connectivity index (χ0n) is 10.8. The van der Waals surface area contributed by atoms with Crippen molar-refractivity contribution in [1.29, 1.82) is 0 Å². The van der Waals surface area contributed by atoms with Gasteiger partial charge in [-0.25, -0.2) is 4.39 Å². The van der Waals surface area contributed by atoms with E-state index < -0.39 is 0 Å². The predicted octanol–water partition coefficient (Wildman–Crippen LogP) is 4.82. The molecule has 0 amide bonds. The van der Waals surface area contributed by atoms with Gasteiger partial charge in [-0.05, 0) is 52.7 Å². The van der Waals surface area contributed by atoms with Crippen LogP contribution >= 0.6 is 31.9 Å². The number of rotatable bonds is 4. The average molecular weight is 403 g/mol. The Morgan fingerprint density at radius 3 is 2.55 bits per heavy atom. The van der Waals surface area contributed by atoms with Gasteiger partial charge in [0.2, 0.25) is 0 Å². The van der Waals surface area contributed by atoms with E-state index in [1.807, 2.05) is 31.2 Å². The third-order valence-electron chi connectivity index (χ3n) is 2.80. The van der Waals surface area contributed by atoms with E-state index in [0.29, 0.717) is 10.2 Å². The van der Waals surface area contributed by atoms with Gasteiger partial charge in [0.05, 0.1) is 4.47 Å². The molecule has 2 rings (SSSR count). The van der Waals surface area contributed by atoms with Crippen molar-refractivity contribution in [3.05, 3.63) is 62.8 Å². The Kier molecular flexibility index (Phi) is 5.18. The molecule has 0 radical (unpaired) electrons. The van der Waals surface area contributed by atoms with Crippen molar-refractivity contribution >= 4 is 31.9 Å². The topological polar surface area (TPSA) is 35.2 Å². The first-order chi connectivity index (χ1) is 9.47. The second-order valence-electron chi connectivity index (χ2n) is 4.53. The third-order valence-corrected chi connectivity index (χ3v) is 3.95. The Hall–Kier alpha value is -0.910. The van der Waals surface area contributed by atoms with Crippen LogP contribution in [0.4, 0.5) is 4.39 Å². The fourth-order valence-electron chi connectivity index (χ4n) is 1.87. The maximum absolute atomic E-state index is 13.3. The van der Waals surface area contributed by atoms with Gasteiger partial charge in [0, 0.05) is 16.6 Å². The quantitative estimate of drug-likeness (QED) is 0.795. The summed E-state index contributed by atoms with van der Waals surface area (Å²) < 4.78 is 20.9. The monoisotopic (exact) mass is 401 g/mol. The molecule has 0 aliphatic carbocycles. The van der Waals surface area contributed by atoms with Gasteiger partial charge in [0.25, 0.3) is 0 Å². The molecule has 0 fully saturated rings. The molecule has 0 aliphatic heterocycles. The van der Waals surface area contributed by atoms with E-state index in [2.05, 4.69) is 31.9 Å². The van der Waals surface area contributed by atoms with Gasteiger partial charge in [-0.1, -0.05) is 28.1 Å². The molecule has 0 saturated carbocycles. The number of nitrogens with two attached hydrogens (primary N) is 1. The Bertz CT molecular complexity index is 604. The molecule has 2 nitrogen and oxygen atoms in total. The summed E-state index contributed by atoms with van der Waals surface area (Å²) in [5.41, 5.74) is 6.94. The molecule has 2 unspecified atom stereocenters. The molecule has 2 aromatic rings. The maximum atomic E-state index is 13.3. The fourth-order valence-corrected chi connectivity index (χ4v) is 2.62. The summed E-state index contributed by atoms with van der Waals surface area (Å²) in [6, 6.07) is 11.8. The smallest absolute Gasteiger partial charge is 0.139 e. The highest BCUT2D eigenvalue weighted by atomic mass is 79.9. The predicted molar refractivity (Wildman–Crippen MR) is 85.3 cm³/mol. The molecule has 2 N–H and O–H groups in total. The summed E-state index contributed by atoms with van der Waals surface area (Å²) >= 11 is 6.78. The lowest BCUT2D eigenvalue weighted by Gasteiger charge is -2.23. The molecule has 5 heteroatoms. The number of halogens is 3. The van der Waals surface area contributed by atoms with E-state index in [1.54, 1.807) is 6.07 Å². The van der Waals surface area contributed by atoms with Crippen LogP contribution in [-0.4, -0.2) is 6.04 Å². The number of benzene rings is 2. The molecule has 0 aromatic heterocycles. The minimum atomic E-state index is -0.356. The van der Waals surface area contributed by atoms with Crippen LogP contribution in [0.3, 0.4) is 0 Å². The summed E-state index contributed by atoms with van der Waals surface area (Å²) in [5, 5.41) is 0. The van der Waals surface area contributed by atoms with Gasteiger partial charge in [0.1, 0.15) is 17.7 Å². The Morgan fingerprint density at radius 1 is 1.15 bits per heavy atom. The molecular formula is C15H14Br2FNO. The van der Waals surface area contributed by atoms with E-state index >= 15 is 0 Å². The number of hydrogen-bond donors (Lipinski definition) is 1. The summed E-state index contributed by atoms with van der Waals surface area (Å²) in [6.45, 7) is 1.86. The highest BCUT2D eigenvalue weighted by Gasteiger charge is 2.20. The van der Waals surface area contributed by atoms with Gasteiger partial charge in [0.15, 0.2) is 0 Å². The Labute approximate surface area is 134 Å². The Morgan fingerprint density at radius 2 is 1.90 bits per heavy atom. The second-order valence-corrected chi connectivity index (χ2v) is 6.30. The van der Waals surface area contributed by atoms with Crippen LogP contribution in [0.2, 0.25) is 0 Å². The van der Waals surface area contributed by atoms with E-state index in [0.717, 1.165) is 10.0 Å². The van der Waals surface area contributed by atoms with Gasteiger partial charge < -0.3 is 10.5 Å². The molecule has 2 aromatic carbocycles. The van der Waals surface area contributed by atoms with Crippen LogP contribution in [0.15, 0.2) is 51.4 Å². The number of hydrogen-bond acceptors (Lipinski definition) is 2. The van der Waals surface area contributed by atoms with E-state index in [-0.39, 0.29) is 18.0 Å². The lowest BCUT2D eigenvalue weighted by Crippen LogP contribution is -2.29. The molecule has 0 heterocycles. The molecule has 0 spiro atoms. The SMILES string of the molecule is CC(N)C(Oc1cc(F)ccc1Br)c1cccc(Br)c1. The lowest BCUT2D eigenvalue weighted by molar-refractivity contribution is 0.178. The average Bonchev–Trinajstić information content (AvgIpc) is 2.39. The zero-order valence-corrected chi connectivity index (χ0v) is 14.0. The third kappa shape index (κ3) is 3.81. The highest BCUT2D eigenvalue weighted by Crippen LogP contribution is 2.32. The van der Waals surface area contributed by atoms with E-state index in [4.69, 9.17) is 10.5 Å². The first kappa shape index (κ1) is 15.5. The van der Waals surface area contributed by atoms with Crippen LogP contribution in [0.5, 0.6) is 5.75 Å². The molecule has 106 valence electrons. The number of ether oxygens (including phenoxy) is 1. The molecule has 0 bridgehead atoms. The van der Waals surface area contributed by atoms with Crippen molar-refractivity contribution in [3.63, 3.8) is 0 Å². The van der Waals surface area contributed by atoms with Crippen molar-refractivity contribution in [1.82, 2.24) is 0 Å². The summed E-state index contributed by atoms with van der Waals surface area (Å²) in [4.78, 5) is 0. The summed E-state index contributed by atoms with van der Waals surface area (Å²) in [5.74, 6) is 0.0909. The molecule has 0 aliphatic rings. The van der Waals surface area contributed by atoms with Crippen molar-refractivity contribution in [2.45, 2.75) is 19.1 Å². The highest BCUT2D eigenvalue weighted by molar-refractivity contribution is 9.10. The second kappa shape index (κ2) is 6.70. The first-order valence-electron chi connectivity index (χ1n) is 6.10. The van der Waals surface area contributed by atoms with Gasteiger partial charge >= 0.3 is 0 Å². The van der Waals surface area contributed by atoms with E-state index in [1.165, 1.54) is 12.1 Å². The standard InChI is InChI=1S/C15H14Br2FNO/c1-9(19)15(10-3-2-4-11(16)7-10)20-14-8-12(18)5-6-13(14)17/h2-9,15H,19H2,1H3. The summed E-state index contributed by atoms with van der Waals surface area (Å²) in [6.07, 6.45) is -0.356. The van der Waals surface area contributed by atoms with Crippen molar-refractivity contribution in [2.24, 2.45) is 5.73 Å². The van der Waals surface area contributed by atoms with Gasteiger partial charge in [-0.3, -0.25) is 0 Å². The maximum Gasteiger partial charge on any atom is 0.139 e. The van der Waals surface area contributed by atoms with Crippen molar-refractivity contribution in [3.8, 4) is 5.75 Å². The minimum Gasteiger partial charge on any atom is -0.483 e. The van der Waals surface area contributed by atoms with Crippen LogP contribution < -0.4 is 10.5 Å². The van der Waals surface area contributed by atoms with Gasteiger partial charge in [-0.15, -0.1) is 0 Å². The first-order valence-corrected chi connectivity index (χ1v) is 7.68. The fraction of sp³-hybridized carbons (Fsp3) is 0.200. The van der Waals surface area contributed by atoms with E-state index in [9.17, 15) is 4.39 Å². The molecule has 0 saturated heterocycles. The van der Waals surface area contributed by atoms with Crippen LogP contribution in [0.25, 0.3) is 0 Å². The normalized spacial score (nSPS) is 13.8. The van der Waals surface area contributed by atoms with Crippen LogP contribution in [0, 0.1) is 5.82 Å². The Balaban J connectivity index is 2.33. The lowest BCUT2D eigenvalue weighted by atomic mass is 10.0. The largest absolute Gasteiger partial charge is 0.483 e. The van der Waals surface area contributed by atoms with Crippen molar-refractivity contribution < 1.29 is 9.13 Å². The molecule has 2 atom stereocenters. The van der Waals surface area contributed by atoms with Crippen LogP contribution in [0.1, 0.15) is 18.6 Å². The molecule has 20 heavy (non-hydrogen) atoms. The van der Waals surface area contributed by atoms with Gasteiger partial charge in [-0.2, -0.15) is 0 Å². The minimum absolute atomic E-state index is 0.237.